The van der Waals surface area contributed by atoms with Crippen LogP contribution in [0.5, 0.6) is 5.75 Å². The van der Waals surface area contributed by atoms with Crippen LogP contribution in [-0.2, 0) is 10.0 Å². The van der Waals surface area contributed by atoms with Crippen LogP contribution < -0.4 is 14.8 Å². The molecule has 0 aliphatic rings. The number of sulfonamides is 1. The van der Waals surface area contributed by atoms with Crippen LogP contribution in [0.2, 0.25) is 0 Å². The lowest BCUT2D eigenvalue weighted by atomic mass is 10.2. The first kappa shape index (κ1) is 19.4. The van der Waals surface area contributed by atoms with E-state index >= 15 is 0 Å². The van der Waals surface area contributed by atoms with E-state index in [2.05, 4.69) is 10.0 Å². The van der Waals surface area contributed by atoms with E-state index < -0.39 is 10.0 Å². The maximum absolute atomic E-state index is 12.5. The summed E-state index contributed by atoms with van der Waals surface area (Å²) < 4.78 is 32.9. The van der Waals surface area contributed by atoms with Gasteiger partial charge in [0.25, 0.3) is 15.9 Å². The van der Waals surface area contributed by atoms with Crippen LogP contribution in [0.4, 0.5) is 11.4 Å². The first-order valence-corrected chi connectivity index (χ1v) is 10.2. The van der Waals surface area contributed by atoms with E-state index in [4.69, 9.17) is 4.74 Å². The van der Waals surface area contributed by atoms with Gasteiger partial charge in [0.1, 0.15) is 5.75 Å². The number of ether oxygens (including phenoxy) is 1. The molecule has 28 heavy (non-hydrogen) atoms. The minimum atomic E-state index is -3.74. The molecule has 0 aliphatic carbocycles. The Morgan fingerprint density at radius 1 is 0.857 bits per heavy atom. The molecule has 0 saturated carbocycles. The van der Waals surface area contributed by atoms with Gasteiger partial charge in [-0.3, -0.25) is 9.52 Å². The van der Waals surface area contributed by atoms with Gasteiger partial charge >= 0.3 is 0 Å². The molecule has 0 spiro atoms. The molecular formula is C21H20N2O4S. The number of benzene rings is 3. The maximum Gasteiger partial charge on any atom is 0.261 e. The van der Waals surface area contributed by atoms with Gasteiger partial charge in [0.05, 0.1) is 11.5 Å². The van der Waals surface area contributed by atoms with Gasteiger partial charge in [0, 0.05) is 16.9 Å². The van der Waals surface area contributed by atoms with Crippen LogP contribution in [-0.4, -0.2) is 20.9 Å². The van der Waals surface area contributed by atoms with Crippen molar-refractivity contribution in [2.24, 2.45) is 0 Å². The smallest absolute Gasteiger partial charge is 0.261 e. The Hall–Kier alpha value is -3.32. The van der Waals surface area contributed by atoms with E-state index in [1.165, 1.54) is 12.1 Å². The number of hydrogen-bond acceptors (Lipinski definition) is 4. The van der Waals surface area contributed by atoms with Gasteiger partial charge in [-0.25, -0.2) is 8.42 Å². The molecule has 7 heteroatoms. The summed E-state index contributed by atoms with van der Waals surface area (Å²) in [5.41, 5.74) is 1.47. The fraction of sp³-hybridized carbons (Fsp3) is 0.0952. The number of hydrogen-bond donors (Lipinski definition) is 2. The Labute approximate surface area is 164 Å². The van der Waals surface area contributed by atoms with Crippen LogP contribution in [0.1, 0.15) is 17.3 Å². The number of nitrogens with one attached hydrogen (secondary N) is 2. The van der Waals surface area contributed by atoms with Crippen molar-refractivity contribution in [3.63, 3.8) is 0 Å². The van der Waals surface area contributed by atoms with Gasteiger partial charge in [-0.1, -0.05) is 18.2 Å². The average molecular weight is 396 g/mol. The summed E-state index contributed by atoms with van der Waals surface area (Å²) in [6, 6.07) is 21.4. The molecule has 0 radical (unpaired) electrons. The van der Waals surface area contributed by atoms with Crippen molar-refractivity contribution in [3.05, 3.63) is 84.4 Å². The molecule has 0 saturated heterocycles. The molecule has 0 heterocycles. The van der Waals surface area contributed by atoms with E-state index in [0.29, 0.717) is 29.3 Å². The van der Waals surface area contributed by atoms with Crippen LogP contribution in [0.15, 0.2) is 83.8 Å². The van der Waals surface area contributed by atoms with Gasteiger partial charge in [-0.05, 0) is 67.6 Å². The average Bonchev–Trinajstić information content (AvgIpc) is 2.70. The predicted octanol–water partition coefficient (Wildman–Crippen LogP) is 4.14. The SMILES string of the molecule is CCOc1ccc(NS(=O)(=O)c2ccc(NC(=O)c3ccccc3)cc2)cc1. The fourth-order valence-corrected chi connectivity index (χ4v) is 3.57. The summed E-state index contributed by atoms with van der Waals surface area (Å²) in [6.45, 7) is 2.42. The number of carbonyl (C=O) groups is 1. The highest BCUT2D eigenvalue weighted by Crippen LogP contribution is 2.21. The topological polar surface area (TPSA) is 84.5 Å². The van der Waals surface area contributed by atoms with Gasteiger partial charge in [-0.2, -0.15) is 0 Å². The molecule has 0 atom stereocenters. The molecule has 3 aromatic carbocycles. The van der Waals surface area contributed by atoms with E-state index in [0.717, 1.165) is 0 Å². The first-order chi connectivity index (χ1) is 13.5. The molecule has 0 fully saturated rings. The Morgan fingerprint density at radius 2 is 1.46 bits per heavy atom. The second kappa shape index (κ2) is 8.58. The van der Waals surface area contributed by atoms with E-state index in [-0.39, 0.29) is 10.8 Å². The normalized spacial score (nSPS) is 10.9. The highest BCUT2D eigenvalue weighted by molar-refractivity contribution is 7.92. The maximum atomic E-state index is 12.5. The molecule has 144 valence electrons. The lowest BCUT2D eigenvalue weighted by Crippen LogP contribution is -2.14. The molecule has 0 aliphatic heterocycles. The molecule has 1 amide bonds. The van der Waals surface area contributed by atoms with E-state index in [1.54, 1.807) is 60.7 Å². The molecule has 0 bridgehead atoms. The molecule has 6 nitrogen and oxygen atoms in total. The minimum Gasteiger partial charge on any atom is -0.494 e. The highest BCUT2D eigenvalue weighted by Gasteiger charge is 2.14. The number of carbonyl (C=O) groups excluding carboxylic acids is 1. The third-order valence-corrected chi connectivity index (χ3v) is 5.27. The van der Waals surface area contributed by atoms with Gasteiger partial charge in [-0.15, -0.1) is 0 Å². The Bertz CT molecular complexity index is 1030. The van der Waals surface area contributed by atoms with E-state index in [1.807, 2.05) is 13.0 Å². The minimum absolute atomic E-state index is 0.0964. The van der Waals surface area contributed by atoms with Crippen LogP contribution in [0.25, 0.3) is 0 Å². The van der Waals surface area contributed by atoms with Crippen molar-refractivity contribution >= 4 is 27.3 Å². The van der Waals surface area contributed by atoms with Crippen LogP contribution >= 0.6 is 0 Å². The Balaban J connectivity index is 1.68. The zero-order valence-electron chi connectivity index (χ0n) is 15.3. The summed E-state index contributed by atoms with van der Waals surface area (Å²) in [6.07, 6.45) is 0. The Kier molecular flexibility index (Phi) is 5.96. The monoisotopic (exact) mass is 396 g/mol. The molecular weight excluding hydrogens is 376 g/mol. The third-order valence-electron chi connectivity index (χ3n) is 3.88. The van der Waals surface area contributed by atoms with Crippen LogP contribution in [0, 0.1) is 0 Å². The van der Waals surface area contributed by atoms with Gasteiger partial charge in [0.15, 0.2) is 0 Å². The van der Waals surface area contributed by atoms with Crippen molar-refractivity contribution in [1.29, 1.82) is 0 Å². The number of rotatable bonds is 7. The third kappa shape index (κ3) is 4.89. The lowest BCUT2D eigenvalue weighted by Gasteiger charge is -2.10. The first-order valence-electron chi connectivity index (χ1n) is 8.70. The predicted molar refractivity (Wildman–Crippen MR) is 109 cm³/mol. The summed E-state index contributed by atoms with van der Waals surface area (Å²) in [5, 5.41) is 2.74. The van der Waals surface area contributed by atoms with Crippen molar-refractivity contribution in [2.45, 2.75) is 11.8 Å². The molecule has 0 aromatic heterocycles. The zero-order valence-corrected chi connectivity index (χ0v) is 16.1. The zero-order chi connectivity index (χ0) is 20.0. The van der Waals surface area contributed by atoms with Crippen LogP contribution in [0.3, 0.4) is 0 Å². The lowest BCUT2D eigenvalue weighted by molar-refractivity contribution is 0.102. The van der Waals surface area contributed by atoms with E-state index in [9.17, 15) is 13.2 Å². The number of anilines is 2. The molecule has 2 N–H and O–H groups in total. The number of amides is 1. The van der Waals surface area contributed by atoms with Crippen molar-refractivity contribution in [3.8, 4) is 5.75 Å². The van der Waals surface area contributed by atoms with Gasteiger partial charge in [0.2, 0.25) is 0 Å². The largest absolute Gasteiger partial charge is 0.494 e. The second-order valence-corrected chi connectivity index (χ2v) is 7.59. The Morgan fingerprint density at radius 3 is 2.07 bits per heavy atom. The summed E-state index contributed by atoms with van der Waals surface area (Å²) in [7, 11) is -3.74. The molecule has 3 aromatic rings. The van der Waals surface area contributed by atoms with Crippen molar-refractivity contribution < 1.29 is 17.9 Å². The standard InChI is InChI=1S/C21H20N2O4S/c1-2-27-19-12-8-18(9-13-19)23-28(25,26)20-14-10-17(11-15-20)22-21(24)16-6-4-3-5-7-16/h3-15,23H,2H2,1H3,(H,22,24). The molecule has 3 rings (SSSR count). The summed E-state index contributed by atoms with van der Waals surface area (Å²) >= 11 is 0. The molecule has 0 unspecified atom stereocenters. The summed E-state index contributed by atoms with van der Waals surface area (Å²) in [4.78, 5) is 12.3. The van der Waals surface area contributed by atoms with Crippen molar-refractivity contribution in [2.75, 3.05) is 16.6 Å². The van der Waals surface area contributed by atoms with Gasteiger partial charge < -0.3 is 10.1 Å². The fourth-order valence-electron chi connectivity index (χ4n) is 2.51. The van der Waals surface area contributed by atoms with Crippen molar-refractivity contribution in [1.82, 2.24) is 0 Å². The second-order valence-electron chi connectivity index (χ2n) is 5.91. The highest BCUT2D eigenvalue weighted by atomic mass is 32.2. The summed E-state index contributed by atoms with van der Waals surface area (Å²) in [5.74, 6) is 0.410. The quantitative estimate of drug-likeness (QED) is 0.629.